The van der Waals surface area contributed by atoms with Crippen molar-refractivity contribution in [3.8, 4) is 0 Å². The second kappa shape index (κ2) is 4.40. The third-order valence-electron chi connectivity index (χ3n) is 2.29. The zero-order chi connectivity index (χ0) is 10.7. The van der Waals surface area contributed by atoms with E-state index in [4.69, 9.17) is 11.6 Å². The molecule has 0 aliphatic carbocycles. The Labute approximate surface area is 92.9 Å². The van der Waals surface area contributed by atoms with Gasteiger partial charge in [0.2, 0.25) is 0 Å². The van der Waals surface area contributed by atoms with Crippen molar-refractivity contribution in [1.82, 2.24) is 19.7 Å². The van der Waals surface area contributed by atoms with Gasteiger partial charge in [-0.2, -0.15) is 0 Å². The predicted molar refractivity (Wildman–Crippen MR) is 57.7 cm³/mol. The predicted octanol–water partition coefficient (Wildman–Crippen LogP) is 1.77. The number of rotatable bonds is 3. The fourth-order valence-corrected chi connectivity index (χ4v) is 1.58. The van der Waals surface area contributed by atoms with Gasteiger partial charge in [0.1, 0.15) is 12.2 Å². The van der Waals surface area contributed by atoms with Crippen LogP contribution in [-0.4, -0.2) is 19.7 Å². The van der Waals surface area contributed by atoms with E-state index in [1.54, 1.807) is 12.5 Å². The highest BCUT2D eigenvalue weighted by atomic mass is 35.5. The average Bonchev–Trinajstić information content (AvgIpc) is 2.69. The molecule has 4 nitrogen and oxygen atoms in total. The van der Waals surface area contributed by atoms with Gasteiger partial charge in [0.05, 0.1) is 12.4 Å². The van der Waals surface area contributed by atoms with E-state index < -0.39 is 0 Å². The van der Waals surface area contributed by atoms with Crippen LogP contribution in [0.25, 0.3) is 0 Å². The van der Waals surface area contributed by atoms with Crippen LogP contribution in [0.2, 0.25) is 0 Å². The third kappa shape index (κ3) is 2.15. The van der Waals surface area contributed by atoms with Crippen molar-refractivity contribution >= 4 is 11.6 Å². The van der Waals surface area contributed by atoms with Crippen LogP contribution in [-0.2, 0) is 12.4 Å². The Morgan fingerprint density at radius 3 is 3.07 bits per heavy atom. The molecule has 0 unspecified atom stereocenters. The Morgan fingerprint density at radius 2 is 2.33 bits per heavy atom. The second-order valence-electron chi connectivity index (χ2n) is 3.31. The Balaban J connectivity index is 2.26. The summed E-state index contributed by atoms with van der Waals surface area (Å²) in [6.45, 7) is 2.77. The highest BCUT2D eigenvalue weighted by Gasteiger charge is 2.04. The molecule has 15 heavy (non-hydrogen) atoms. The lowest BCUT2D eigenvalue weighted by molar-refractivity contribution is 0.749. The Bertz CT molecular complexity index is 452. The lowest BCUT2D eigenvalue weighted by Crippen LogP contribution is -2.04. The van der Waals surface area contributed by atoms with E-state index in [-0.39, 0.29) is 0 Å². The number of alkyl halides is 1. The molecular formula is C10H11ClN4. The van der Waals surface area contributed by atoms with Crippen LogP contribution < -0.4 is 0 Å². The molecule has 0 spiro atoms. The number of aryl methyl sites for hydroxylation is 1. The van der Waals surface area contributed by atoms with Gasteiger partial charge in [-0.1, -0.05) is 0 Å². The normalized spacial score (nSPS) is 10.5. The average molecular weight is 223 g/mol. The van der Waals surface area contributed by atoms with Crippen molar-refractivity contribution in [1.29, 1.82) is 0 Å². The summed E-state index contributed by atoms with van der Waals surface area (Å²) >= 11 is 5.74. The second-order valence-corrected chi connectivity index (χ2v) is 3.58. The Morgan fingerprint density at radius 1 is 1.47 bits per heavy atom. The first-order valence-corrected chi connectivity index (χ1v) is 5.17. The molecule has 2 aromatic heterocycles. The first kappa shape index (κ1) is 10.1. The van der Waals surface area contributed by atoms with Crippen LogP contribution in [0.5, 0.6) is 0 Å². The van der Waals surface area contributed by atoms with Gasteiger partial charge in [-0.25, -0.2) is 0 Å². The zero-order valence-corrected chi connectivity index (χ0v) is 9.15. The van der Waals surface area contributed by atoms with E-state index in [9.17, 15) is 0 Å². The van der Waals surface area contributed by atoms with Gasteiger partial charge in [-0.05, 0) is 24.1 Å². The Kier molecular flexibility index (Phi) is 2.97. The topological polar surface area (TPSA) is 43.6 Å². The highest BCUT2D eigenvalue weighted by Crippen LogP contribution is 2.09. The minimum atomic E-state index is 0.379. The molecule has 5 heteroatoms. The van der Waals surface area contributed by atoms with Gasteiger partial charge < -0.3 is 4.57 Å². The number of hydrogen-bond donors (Lipinski definition) is 0. The monoisotopic (exact) mass is 222 g/mol. The number of halogens is 1. The SMILES string of the molecule is Cc1cnccc1Cn1cnnc1CCl. The van der Waals surface area contributed by atoms with Crippen molar-refractivity contribution in [2.24, 2.45) is 0 Å². The van der Waals surface area contributed by atoms with Crippen molar-refractivity contribution in [3.05, 3.63) is 41.7 Å². The molecule has 0 bridgehead atoms. The minimum absolute atomic E-state index is 0.379. The third-order valence-corrected chi connectivity index (χ3v) is 2.53. The molecule has 78 valence electrons. The van der Waals surface area contributed by atoms with Gasteiger partial charge in [-0.15, -0.1) is 21.8 Å². The quantitative estimate of drug-likeness (QED) is 0.744. The van der Waals surface area contributed by atoms with Gasteiger partial charge in [0.15, 0.2) is 0 Å². The molecule has 0 fully saturated rings. The lowest BCUT2D eigenvalue weighted by Gasteiger charge is -2.06. The van der Waals surface area contributed by atoms with Crippen LogP contribution in [0.15, 0.2) is 24.8 Å². The largest absolute Gasteiger partial charge is 0.312 e. The van der Waals surface area contributed by atoms with Gasteiger partial charge in [0.25, 0.3) is 0 Å². The maximum Gasteiger partial charge on any atom is 0.148 e. The summed E-state index contributed by atoms with van der Waals surface area (Å²) in [6.07, 6.45) is 5.32. The summed E-state index contributed by atoms with van der Waals surface area (Å²) in [6, 6.07) is 1.99. The van der Waals surface area contributed by atoms with E-state index in [1.165, 1.54) is 5.56 Å². The van der Waals surface area contributed by atoms with Crippen molar-refractivity contribution in [3.63, 3.8) is 0 Å². The van der Waals surface area contributed by atoms with Crippen molar-refractivity contribution < 1.29 is 0 Å². The van der Waals surface area contributed by atoms with Crippen LogP contribution in [0.3, 0.4) is 0 Å². The van der Waals surface area contributed by atoms with Crippen LogP contribution in [0, 0.1) is 6.92 Å². The number of nitrogens with zero attached hydrogens (tertiary/aromatic N) is 4. The van der Waals surface area contributed by atoms with Crippen molar-refractivity contribution in [2.75, 3.05) is 0 Å². The van der Waals surface area contributed by atoms with Crippen LogP contribution in [0.4, 0.5) is 0 Å². The standard InChI is InChI=1S/C10H11ClN4/c1-8-5-12-3-2-9(8)6-15-7-13-14-10(15)4-11/h2-3,5,7H,4,6H2,1H3. The van der Waals surface area contributed by atoms with E-state index in [0.717, 1.165) is 17.9 Å². The molecular weight excluding hydrogens is 212 g/mol. The molecule has 0 atom stereocenters. The van der Waals surface area contributed by atoms with Crippen LogP contribution in [0.1, 0.15) is 17.0 Å². The molecule has 0 N–H and O–H groups in total. The molecule has 2 rings (SSSR count). The summed E-state index contributed by atoms with van der Waals surface area (Å²) in [5, 5.41) is 7.76. The fraction of sp³-hybridized carbons (Fsp3) is 0.300. The fourth-order valence-electron chi connectivity index (χ4n) is 1.38. The maximum atomic E-state index is 5.74. The molecule has 0 aromatic carbocycles. The van der Waals surface area contributed by atoms with Gasteiger partial charge >= 0.3 is 0 Å². The Hall–Kier alpha value is -1.42. The van der Waals surface area contributed by atoms with E-state index in [2.05, 4.69) is 15.2 Å². The number of pyridine rings is 1. The summed E-state index contributed by atoms with van der Waals surface area (Å²) in [7, 11) is 0. The molecule has 0 amide bonds. The molecule has 0 saturated heterocycles. The number of aromatic nitrogens is 4. The first-order chi connectivity index (χ1) is 7.31. The van der Waals surface area contributed by atoms with Gasteiger partial charge in [0, 0.05) is 12.4 Å². The molecule has 2 aromatic rings. The van der Waals surface area contributed by atoms with E-state index in [1.807, 2.05) is 23.8 Å². The summed E-state index contributed by atoms with van der Waals surface area (Å²) in [5.74, 6) is 1.16. The highest BCUT2D eigenvalue weighted by molar-refractivity contribution is 6.16. The molecule has 0 saturated carbocycles. The molecule has 0 aliphatic heterocycles. The van der Waals surface area contributed by atoms with Gasteiger partial charge in [-0.3, -0.25) is 4.98 Å². The zero-order valence-electron chi connectivity index (χ0n) is 8.39. The van der Waals surface area contributed by atoms with Crippen LogP contribution >= 0.6 is 11.6 Å². The first-order valence-electron chi connectivity index (χ1n) is 4.63. The van der Waals surface area contributed by atoms with E-state index >= 15 is 0 Å². The van der Waals surface area contributed by atoms with Crippen molar-refractivity contribution in [2.45, 2.75) is 19.3 Å². The smallest absolute Gasteiger partial charge is 0.148 e. The molecule has 2 heterocycles. The summed E-state index contributed by atoms with van der Waals surface area (Å²) < 4.78 is 1.94. The lowest BCUT2D eigenvalue weighted by atomic mass is 10.1. The minimum Gasteiger partial charge on any atom is -0.312 e. The molecule has 0 aliphatic rings. The summed E-state index contributed by atoms with van der Waals surface area (Å²) in [4.78, 5) is 4.05. The molecule has 0 radical (unpaired) electrons. The number of hydrogen-bond acceptors (Lipinski definition) is 3. The summed E-state index contributed by atoms with van der Waals surface area (Å²) in [5.41, 5.74) is 2.36. The van der Waals surface area contributed by atoms with E-state index in [0.29, 0.717) is 5.88 Å². The maximum absolute atomic E-state index is 5.74.